The first-order valence-corrected chi connectivity index (χ1v) is 9.43. The van der Waals surface area contributed by atoms with E-state index in [2.05, 4.69) is 29.1 Å². The van der Waals surface area contributed by atoms with Crippen molar-refractivity contribution in [3.8, 4) is 0 Å². The lowest BCUT2D eigenvalue weighted by Gasteiger charge is -2.33. The Labute approximate surface area is 159 Å². The van der Waals surface area contributed by atoms with Crippen LogP contribution >= 0.6 is 24.0 Å². The summed E-state index contributed by atoms with van der Waals surface area (Å²) in [4.78, 5) is 9.97. The highest BCUT2D eigenvalue weighted by Gasteiger charge is 2.39. The van der Waals surface area contributed by atoms with Crippen LogP contribution in [0.15, 0.2) is 4.99 Å². The molecule has 0 amide bonds. The van der Waals surface area contributed by atoms with Crippen molar-refractivity contribution in [2.24, 2.45) is 16.3 Å². The zero-order valence-electron chi connectivity index (χ0n) is 15.0. The molecule has 5 heteroatoms. The average molecular weight is 434 g/mol. The Morgan fingerprint density at radius 3 is 2.61 bits per heavy atom. The maximum Gasteiger partial charge on any atom is 0.193 e. The van der Waals surface area contributed by atoms with E-state index in [0.29, 0.717) is 5.41 Å². The lowest BCUT2D eigenvalue weighted by molar-refractivity contribution is 0.203. The Morgan fingerprint density at radius 2 is 1.96 bits per heavy atom. The van der Waals surface area contributed by atoms with Crippen LogP contribution in [0.2, 0.25) is 0 Å². The summed E-state index contributed by atoms with van der Waals surface area (Å²) in [6.07, 6.45) is 9.90. The van der Waals surface area contributed by atoms with Crippen LogP contribution in [-0.4, -0.2) is 62.1 Å². The summed E-state index contributed by atoms with van der Waals surface area (Å²) in [5, 5.41) is 3.54. The van der Waals surface area contributed by atoms with E-state index in [9.17, 15) is 0 Å². The van der Waals surface area contributed by atoms with Crippen LogP contribution in [0.25, 0.3) is 0 Å². The maximum absolute atomic E-state index is 4.99. The van der Waals surface area contributed by atoms with Crippen LogP contribution in [-0.2, 0) is 0 Å². The van der Waals surface area contributed by atoms with Gasteiger partial charge < -0.3 is 15.1 Å². The molecule has 0 aromatic rings. The van der Waals surface area contributed by atoms with Crippen LogP contribution < -0.4 is 5.32 Å². The Balaban J connectivity index is 0.00000192. The van der Waals surface area contributed by atoms with Gasteiger partial charge in [0.05, 0.1) is 0 Å². The van der Waals surface area contributed by atoms with Crippen molar-refractivity contribution in [1.29, 1.82) is 0 Å². The molecule has 0 aromatic carbocycles. The second kappa shape index (κ2) is 8.88. The number of likely N-dealkylation sites (tertiary alicyclic amines) is 2. The van der Waals surface area contributed by atoms with Crippen LogP contribution in [0.3, 0.4) is 0 Å². The Bertz CT molecular complexity index is 392. The molecule has 0 bridgehead atoms. The largest absolute Gasteiger partial charge is 0.357 e. The lowest BCUT2D eigenvalue weighted by atomic mass is 9.73. The van der Waals surface area contributed by atoms with E-state index in [1.165, 1.54) is 77.1 Å². The summed E-state index contributed by atoms with van der Waals surface area (Å²) in [5.41, 5.74) is 0.613. The maximum atomic E-state index is 4.99. The van der Waals surface area contributed by atoms with E-state index in [1.54, 1.807) is 0 Å². The molecule has 3 aliphatic rings. The van der Waals surface area contributed by atoms with Crippen LogP contribution in [0, 0.1) is 11.3 Å². The normalized spacial score (nSPS) is 28.2. The number of nitrogens with zero attached hydrogens (tertiary/aromatic N) is 3. The second-order valence-corrected chi connectivity index (χ2v) is 7.84. The van der Waals surface area contributed by atoms with E-state index < -0.39 is 0 Å². The highest BCUT2D eigenvalue weighted by Crippen LogP contribution is 2.43. The van der Waals surface area contributed by atoms with Crippen molar-refractivity contribution >= 4 is 29.9 Å². The van der Waals surface area contributed by atoms with Gasteiger partial charge in [0.2, 0.25) is 0 Å². The van der Waals surface area contributed by atoms with E-state index in [0.717, 1.165) is 19.0 Å². The molecular formula is C18H35IN4. The van der Waals surface area contributed by atoms with Crippen LogP contribution in [0.1, 0.15) is 51.9 Å². The first-order valence-electron chi connectivity index (χ1n) is 9.43. The Kier molecular flexibility index (Phi) is 7.45. The smallest absolute Gasteiger partial charge is 0.193 e. The summed E-state index contributed by atoms with van der Waals surface area (Å²) in [5.74, 6) is 1.93. The fourth-order valence-electron chi connectivity index (χ4n) is 4.64. The monoisotopic (exact) mass is 434 g/mol. The van der Waals surface area contributed by atoms with E-state index in [4.69, 9.17) is 4.99 Å². The molecule has 1 aliphatic carbocycles. The summed E-state index contributed by atoms with van der Waals surface area (Å²) in [6, 6.07) is 0. The number of guanidine groups is 1. The summed E-state index contributed by atoms with van der Waals surface area (Å²) < 4.78 is 0. The fraction of sp³-hybridized carbons (Fsp3) is 0.944. The molecule has 134 valence electrons. The molecule has 4 nitrogen and oxygen atoms in total. The molecule has 0 aromatic heterocycles. The number of halogens is 1. The average Bonchev–Trinajstić information content (AvgIpc) is 3.11. The zero-order valence-corrected chi connectivity index (χ0v) is 17.3. The van der Waals surface area contributed by atoms with Crippen LogP contribution in [0.4, 0.5) is 0 Å². The van der Waals surface area contributed by atoms with Crippen molar-refractivity contribution in [3.05, 3.63) is 0 Å². The van der Waals surface area contributed by atoms with Gasteiger partial charge in [-0.15, -0.1) is 24.0 Å². The molecule has 23 heavy (non-hydrogen) atoms. The van der Waals surface area contributed by atoms with Crippen molar-refractivity contribution < 1.29 is 0 Å². The summed E-state index contributed by atoms with van der Waals surface area (Å²) >= 11 is 0. The van der Waals surface area contributed by atoms with Gasteiger partial charge in [-0.25, -0.2) is 0 Å². The lowest BCUT2D eigenvalue weighted by Crippen LogP contribution is -2.42. The molecule has 2 aliphatic heterocycles. The van der Waals surface area contributed by atoms with Gasteiger partial charge in [0.1, 0.15) is 0 Å². The molecule has 0 radical (unpaired) electrons. The summed E-state index contributed by atoms with van der Waals surface area (Å²) in [6.45, 7) is 9.06. The van der Waals surface area contributed by atoms with Gasteiger partial charge in [0.25, 0.3) is 0 Å². The molecule has 1 saturated carbocycles. The molecular weight excluding hydrogens is 399 g/mol. The highest BCUT2D eigenvalue weighted by molar-refractivity contribution is 14.0. The molecule has 3 rings (SSSR count). The minimum Gasteiger partial charge on any atom is -0.357 e. The molecule has 3 fully saturated rings. The third-order valence-electron chi connectivity index (χ3n) is 5.98. The van der Waals surface area contributed by atoms with Crippen molar-refractivity contribution in [2.45, 2.75) is 51.9 Å². The quantitative estimate of drug-likeness (QED) is 0.421. The molecule has 2 saturated heterocycles. The van der Waals surface area contributed by atoms with Crippen molar-refractivity contribution in [1.82, 2.24) is 15.1 Å². The van der Waals surface area contributed by atoms with E-state index in [1.807, 2.05) is 0 Å². The van der Waals surface area contributed by atoms with Gasteiger partial charge in [-0.1, -0.05) is 19.3 Å². The minimum absolute atomic E-state index is 0. The van der Waals surface area contributed by atoms with Gasteiger partial charge in [-0.3, -0.25) is 4.99 Å². The standard InChI is InChI=1S/C18H34N4.HI/c1-3-19-17(20-13-16-7-11-21(2)14-16)22-12-10-18(15-22)8-5-4-6-9-18;/h16H,3-15H2,1-2H3,(H,19,20);1H. The Morgan fingerprint density at radius 1 is 1.17 bits per heavy atom. The number of aliphatic imine (C=N–C) groups is 1. The van der Waals surface area contributed by atoms with E-state index in [-0.39, 0.29) is 24.0 Å². The number of hydrogen-bond donors (Lipinski definition) is 1. The van der Waals surface area contributed by atoms with Crippen molar-refractivity contribution in [3.63, 3.8) is 0 Å². The molecule has 1 N–H and O–H groups in total. The van der Waals surface area contributed by atoms with Gasteiger partial charge in [0.15, 0.2) is 5.96 Å². The molecule has 1 spiro atoms. The van der Waals surface area contributed by atoms with Crippen LogP contribution in [0.5, 0.6) is 0 Å². The zero-order chi connectivity index (χ0) is 15.4. The topological polar surface area (TPSA) is 30.9 Å². The van der Waals surface area contributed by atoms with Gasteiger partial charge in [-0.2, -0.15) is 0 Å². The first-order chi connectivity index (χ1) is 10.7. The number of nitrogens with one attached hydrogen (secondary N) is 1. The van der Waals surface area contributed by atoms with Gasteiger partial charge in [-0.05, 0) is 57.5 Å². The van der Waals surface area contributed by atoms with Crippen molar-refractivity contribution in [2.75, 3.05) is 46.3 Å². The predicted molar refractivity (Wildman–Crippen MR) is 109 cm³/mol. The second-order valence-electron chi connectivity index (χ2n) is 7.84. The minimum atomic E-state index is 0. The Hall–Kier alpha value is -0.0400. The molecule has 1 unspecified atom stereocenters. The first kappa shape index (κ1) is 19.3. The third kappa shape index (κ3) is 4.97. The third-order valence-corrected chi connectivity index (χ3v) is 5.98. The number of hydrogen-bond acceptors (Lipinski definition) is 2. The summed E-state index contributed by atoms with van der Waals surface area (Å²) in [7, 11) is 2.22. The fourth-order valence-corrected chi connectivity index (χ4v) is 4.64. The number of rotatable bonds is 3. The van der Waals surface area contributed by atoms with E-state index >= 15 is 0 Å². The molecule has 1 atom stereocenters. The highest BCUT2D eigenvalue weighted by atomic mass is 127. The predicted octanol–water partition coefficient (Wildman–Crippen LogP) is 3.18. The van der Waals surface area contributed by atoms with Gasteiger partial charge in [0, 0.05) is 32.7 Å². The van der Waals surface area contributed by atoms with Gasteiger partial charge >= 0.3 is 0 Å². The molecule has 2 heterocycles. The SMILES string of the molecule is CCNC(=NCC1CCN(C)C1)N1CCC2(CCCCC2)C1.I.